The maximum absolute atomic E-state index is 12.0. The zero-order valence-corrected chi connectivity index (χ0v) is 11.6. The third-order valence-corrected chi connectivity index (χ3v) is 5.36. The number of hydrogen-bond acceptors (Lipinski definition) is 4. The van der Waals surface area contributed by atoms with Gasteiger partial charge in [0.25, 0.3) is 10.0 Å². The van der Waals surface area contributed by atoms with Crippen molar-refractivity contribution < 1.29 is 8.42 Å². The van der Waals surface area contributed by atoms with Crippen LogP contribution in [0.25, 0.3) is 0 Å². The van der Waals surface area contributed by atoms with Crippen LogP contribution >= 0.6 is 22.9 Å². The molecule has 0 unspecified atom stereocenters. The van der Waals surface area contributed by atoms with E-state index < -0.39 is 14.9 Å². The number of aryl methyl sites for hydroxylation is 1. The summed E-state index contributed by atoms with van der Waals surface area (Å²) in [4.78, 5) is 13.1. The molecule has 0 aliphatic rings. The molecule has 0 bridgehead atoms. The summed E-state index contributed by atoms with van der Waals surface area (Å²) in [6, 6.07) is 6.24. The number of thiazole rings is 1. The van der Waals surface area contributed by atoms with E-state index in [0.717, 1.165) is 0 Å². The molecule has 0 saturated heterocycles. The van der Waals surface area contributed by atoms with Gasteiger partial charge in [-0.25, -0.2) is 8.42 Å². The number of anilines is 1. The van der Waals surface area contributed by atoms with Gasteiger partial charge in [-0.1, -0.05) is 22.9 Å². The standard InChI is InChI=1S/C10H9ClN2O3S2/c1-6-9(17-10(14)12-6)18(15,16)13-8-4-2-7(11)3-5-8/h2-5,13H,1H3,(H,12,14). The van der Waals surface area contributed by atoms with E-state index in [4.69, 9.17) is 11.6 Å². The van der Waals surface area contributed by atoms with Crippen LogP contribution in [0, 0.1) is 6.92 Å². The summed E-state index contributed by atoms with van der Waals surface area (Å²) >= 11 is 6.36. The maximum atomic E-state index is 12.0. The quantitative estimate of drug-likeness (QED) is 0.912. The van der Waals surface area contributed by atoms with Gasteiger partial charge in [0, 0.05) is 16.4 Å². The lowest BCUT2D eigenvalue weighted by Gasteiger charge is -2.06. The van der Waals surface area contributed by atoms with E-state index >= 15 is 0 Å². The topological polar surface area (TPSA) is 79.0 Å². The Morgan fingerprint density at radius 2 is 1.89 bits per heavy atom. The van der Waals surface area contributed by atoms with E-state index in [9.17, 15) is 13.2 Å². The minimum Gasteiger partial charge on any atom is -0.315 e. The molecular weight excluding hydrogens is 296 g/mol. The highest BCUT2D eigenvalue weighted by atomic mass is 35.5. The van der Waals surface area contributed by atoms with Crippen molar-refractivity contribution >= 4 is 38.6 Å². The minimum atomic E-state index is -3.74. The van der Waals surface area contributed by atoms with Crippen molar-refractivity contribution in [3.05, 3.63) is 44.6 Å². The molecule has 2 rings (SSSR count). The maximum Gasteiger partial charge on any atom is 0.306 e. The summed E-state index contributed by atoms with van der Waals surface area (Å²) in [6.45, 7) is 1.54. The van der Waals surface area contributed by atoms with Crippen LogP contribution in [-0.2, 0) is 10.0 Å². The van der Waals surface area contributed by atoms with E-state index in [1.807, 2.05) is 0 Å². The molecule has 5 nitrogen and oxygen atoms in total. The molecule has 0 amide bonds. The average Bonchev–Trinajstić information content (AvgIpc) is 2.62. The fourth-order valence-electron chi connectivity index (χ4n) is 1.37. The van der Waals surface area contributed by atoms with Crippen molar-refractivity contribution in [2.24, 2.45) is 0 Å². The number of sulfonamides is 1. The summed E-state index contributed by atoms with van der Waals surface area (Å²) in [5.74, 6) is 0. The molecule has 0 aliphatic carbocycles. The van der Waals surface area contributed by atoms with E-state index in [1.165, 1.54) is 6.92 Å². The van der Waals surface area contributed by atoms with Crippen LogP contribution in [-0.4, -0.2) is 13.4 Å². The first-order valence-corrected chi connectivity index (χ1v) is 7.54. The molecule has 18 heavy (non-hydrogen) atoms. The fraction of sp³-hybridized carbons (Fsp3) is 0.100. The Balaban J connectivity index is 2.36. The molecule has 2 N–H and O–H groups in total. The van der Waals surface area contributed by atoms with Crippen LogP contribution < -0.4 is 9.60 Å². The highest BCUT2D eigenvalue weighted by molar-refractivity contribution is 7.94. The number of rotatable bonds is 3. The number of benzene rings is 1. The monoisotopic (exact) mass is 304 g/mol. The van der Waals surface area contributed by atoms with Crippen LogP contribution in [0.1, 0.15) is 5.69 Å². The Morgan fingerprint density at radius 1 is 1.28 bits per heavy atom. The van der Waals surface area contributed by atoms with Crippen molar-refractivity contribution in [3.63, 3.8) is 0 Å². The van der Waals surface area contributed by atoms with Gasteiger partial charge in [0.05, 0.1) is 0 Å². The van der Waals surface area contributed by atoms with Gasteiger partial charge < -0.3 is 4.98 Å². The van der Waals surface area contributed by atoms with Gasteiger partial charge in [-0.3, -0.25) is 9.52 Å². The van der Waals surface area contributed by atoms with Gasteiger partial charge in [-0.2, -0.15) is 0 Å². The number of aromatic nitrogens is 1. The summed E-state index contributed by atoms with van der Waals surface area (Å²) in [5.41, 5.74) is 0.714. The summed E-state index contributed by atoms with van der Waals surface area (Å²) in [5, 5.41) is 0.514. The zero-order chi connectivity index (χ0) is 13.3. The lowest BCUT2D eigenvalue weighted by atomic mass is 10.3. The Morgan fingerprint density at radius 3 is 2.39 bits per heavy atom. The number of aromatic amines is 1. The molecule has 0 fully saturated rings. The van der Waals surface area contributed by atoms with Gasteiger partial charge in [0.15, 0.2) is 4.21 Å². The highest BCUT2D eigenvalue weighted by Gasteiger charge is 2.20. The molecule has 0 saturated carbocycles. The molecule has 0 spiro atoms. The largest absolute Gasteiger partial charge is 0.315 e. The van der Waals surface area contributed by atoms with Crippen LogP contribution in [0.15, 0.2) is 33.3 Å². The van der Waals surface area contributed by atoms with Gasteiger partial charge in [-0.05, 0) is 31.2 Å². The van der Waals surface area contributed by atoms with Gasteiger partial charge in [0.1, 0.15) is 0 Å². The lowest BCUT2D eigenvalue weighted by molar-refractivity contribution is 0.602. The Bertz CT molecular complexity index is 716. The molecule has 0 radical (unpaired) electrons. The third-order valence-electron chi connectivity index (χ3n) is 2.12. The second kappa shape index (κ2) is 4.75. The average molecular weight is 305 g/mol. The highest BCUT2D eigenvalue weighted by Crippen LogP contribution is 2.21. The van der Waals surface area contributed by atoms with Crippen molar-refractivity contribution in [1.82, 2.24) is 4.98 Å². The summed E-state index contributed by atoms with van der Waals surface area (Å²) in [7, 11) is -3.74. The molecule has 1 aromatic carbocycles. The fourth-order valence-corrected chi connectivity index (χ4v) is 3.85. The summed E-state index contributed by atoms with van der Waals surface area (Å²) < 4.78 is 26.4. The van der Waals surface area contributed by atoms with Crippen LogP contribution in [0.5, 0.6) is 0 Å². The Kier molecular flexibility index (Phi) is 3.47. The molecule has 1 heterocycles. The van der Waals surface area contributed by atoms with Crippen molar-refractivity contribution in [2.45, 2.75) is 11.1 Å². The number of nitrogens with one attached hydrogen (secondary N) is 2. The first kappa shape index (κ1) is 13.1. The first-order valence-electron chi connectivity index (χ1n) is 4.86. The van der Waals surface area contributed by atoms with Crippen LogP contribution in [0.4, 0.5) is 5.69 Å². The van der Waals surface area contributed by atoms with Gasteiger partial charge in [0.2, 0.25) is 0 Å². The molecular formula is C10H9ClN2O3S2. The van der Waals surface area contributed by atoms with Crippen LogP contribution in [0.3, 0.4) is 0 Å². The zero-order valence-electron chi connectivity index (χ0n) is 9.23. The predicted molar refractivity (Wildman–Crippen MR) is 71.9 cm³/mol. The molecule has 8 heteroatoms. The first-order chi connectivity index (χ1) is 8.38. The molecule has 96 valence electrons. The Labute approximate surface area is 112 Å². The van der Waals surface area contributed by atoms with E-state index in [-0.39, 0.29) is 4.21 Å². The van der Waals surface area contributed by atoms with Gasteiger partial charge >= 0.3 is 4.87 Å². The minimum absolute atomic E-state index is 0.0116. The third kappa shape index (κ3) is 2.74. The number of hydrogen-bond donors (Lipinski definition) is 2. The predicted octanol–water partition coefficient (Wildman–Crippen LogP) is 2.20. The number of halogens is 1. The summed E-state index contributed by atoms with van der Waals surface area (Å²) in [6.07, 6.45) is 0. The second-order valence-electron chi connectivity index (χ2n) is 3.54. The molecule has 0 atom stereocenters. The van der Waals surface area contributed by atoms with Crippen LogP contribution in [0.2, 0.25) is 5.02 Å². The lowest BCUT2D eigenvalue weighted by Crippen LogP contribution is -2.12. The van der Waals surface area contributed by atoms with Crippen molar-refractivity contribution in [1.29, 1.82) is 0 Å². The molecule has 0 aliphatic heterocycles. The molecule has 2 aromatic rings. The normalized spacial score (nSPS) is 11.4. The Hall–Kier alpha value is -1.31. The van der Waals surface area contributed by atoms with Crippen molar-refractivity contribution in [2.75, 3.05) is 4.72 Å². The number of H-pyrrole nitrogens is 1. The SMILES string of the molecule is Cc1[nH]c(=O)sc1S(=O)(=O)Nc1ccc(Cl)cc1. The van der Waals surface area contributed by atoms with E-state index in [0.29, 0.717) is 27.7 Å². The van der Waals surface area contributed by atoms with Crippen molar-refractivity contribution in [3.8, 4) is 0 Å². The van der Waals surface area contributed by atoms with Gasteiger partial charge in [-0.15, -0.1) is 0 Å². The van der Waals surface area contributed by atoms with E-state index in [1.54, 1.807) is 24.3 Å². The second-order valence-corrected chi connectivity index (χ2v) is 6.84. The smallest absolute Gasteiger partial charge is 0.306 e. The van der Waals surface area contributed by atoms with E-state index in [2.05, 4.69) is 9.71 Å². The molecule has 1 aromatic heterocycles.